The summed E-state index contributed by atoms with van der Waals surface area (Å²) in [7, 11) is -7.69. The standard InChI is InChI=1S/C23H29N3O5S2.ClH/c1-17(2)21-22-20(26(23(21)27)32(3,28)29)12-15-25(22)33(30,31)19-10-8-18(9-11-19)16-24-13-6-4-5-7-14-24;/h4-11,13-14,17,20-22H,12,15-16H2,1-3H3;1H/t20-,21+,22-;/m0./s1. The van der Waals surface area contributed by atoms with Gasteiger partial charge in [0.25, 0.3) is 0 Å². The molecule has 2 saturated heterocycles. The largest absolute Gasteiger partial charge is 0.350 e. The van der Waals surface area contributed by atoms with Crippen LogP contribution in [0.3, 0.4) is 0 Å². The highest BCUT2D eigenvalue weighted by atomic mass is 35.5. The molecule has 3 aliphatic heterocycles. The Morgan fingerprint density at radius 3 is 2.09 bits per heavy atom. The first-order chi connectivity index (χ1) is 15.5. The number of nitrogens with zero attached hydrogens (tertiary/aromatic N) is 3. The number of sulfonamides is 2. The molecule has 0 unspecified atom stereocenters. The summed E-state index contributed by atoms with van der Waals surface area (Å²) in [5, 5.41) is 0. The molecule has 1 aromatic carbocycles. The van der Waals surface area contributed by atoms with Crippen molar-refractivity contribution in [3.05, 3.63) is 66.5 Å². The van der Waals surface area contributed by atoms with Crippen molar-refractivity contribution in [1.29, 1.82) is 0 Å². The van der Waals surface area contributed by atoms with Gasteiger partial charge in [-0.05, 0) is 42.2 Å². The fraction of sp³-hybridized carbons (Fsp3) is 0.435. The quantitative estimate of drug-likeness (QED) is 0.564. The smallest absolute Gasteiger partial charge is 0.243 e. The Labute approximate surface area is 208 Å². The van der Waals surface area contributed by atoms with Crippen molar-refractivity contribution in [2.75, 3.05) is 12.8 Å². The highest BCUT2D eigenvalue weighted by Crippen LogP contribution is 2.43. The SMILES string of the molecule is CC(C)[C@H]1C(=O)N(S(C)(=O)=O)[C@H]2CCN(S(=O)(=O)c3ccc(CN4C=CC=CC=C4)cc3)[C@H]12.Cl. The number of hydrogen-bond donors (Lipinski definition) is 0. The topological polar surface area (TPSA) is 95.1 Å². The second-order valence-electron chi connectivity index (χ2n) is 9.01. The summed E-state index contributed by atoms with van der Waals surface area (Å²) < 4.78 is 54.0. The maximum atomic E-state index is 13.6. The second-order valence-corrected chi connectivity index (χ2v) is 12.8. The fourth-order valence-corrected chi connectivity index (χ4v) is 7.85. The highest BCUT2D eigenvalue weighted by molar-refractivity contribution is 7.89. The van der Waals surface area contributed by atoms with E-state index in [1.165, 1.54) is 4.31 Å². The number of benzene rings is 1. The van der Waals surface area contributed by atoms with Gasteiger partial charge in [0.15, 0.2) is 0 Å². The molecule has 0 aliphatic carbocycles. The first-order valence-electron chi connectivity index (χ1n) is 10.9. The van der Waals surface area contributed by atoms with Crippen LogP contribution >= 0.6 is 12.4 Å². The molecular formula is C23H30ClN3O5S2. The van der Waals surface area contributed by atoms with Gasteiger partial charge in [-0.2, -0.15) is 4.31 Å². The summed E-state index contributed by atoms with van der Waals surface area (Å²) >= 11 is 0. The van der Waals surface area contributed by atoms with Crippen LogP contribution in [0.4, 0.5) is 0 Å². The molecule has 0 saturated carbocycles. The van der Waals surface area contributed by atoms with Crippen LogP contribution in [0.1, 0.15) is 25.8 Å². The zero-order chi connectivity index (χ0) is 24.0. The Kier molecular flexibility index (Phi) is 7.66. The van der Waals surface area contributed by atoms with Gasteiger partial charge in [0.2, 0.25) is 26.0 Å². The lowest BCUT2D eigenvalue weighted by atomic mass is 9.89. The number of carbonyl (C=O) groups is 1. The average molecular weight is 528 g/mol. The average Bonchev–Trinajstić information content (AvgIpc) is 3.14. The van der Waals surface area contributed by atoms with Gasteiger partial charge in [-0.3, -0.25) is 4.79 Å². The van der Waals surface area contributed by atoms with Gasteiger partial charge in [-0.25, -0.2) is 21.1 Å². The highest BCUT2D eigenvalue weighted by Gasteiger charge is 2.59. The molecule has 34 heavy (non-hydrogen) atoms. The van der Waals surface area contributed by atoms with Gasteiger partial charge >= 0.3 is 0 Å². The molecule has 2 fully saturated rings. The number of rotatable bonds is 6. The molecule has 1 aromatic rings. The maximum absolute atomic E-state index is 13.6. The summed E-state index contributed by atoms with van der Waals surface area (Å²) in [6, 6.07) is 5.36. The minimum Gasteiger partial charge on any atom is -0.350 e. The predicted octanol–water partition coefficient (Wildman–Crippen LogP) is 2.71. The van der Waals surface area contributed by atoms with E-state index in [0.717, 1.165) is 16.1 Å². The lowest BCUT2D eigenvalue weighted by Gasteiger charge is -2.28. The molecule has 8 nitrogen and oxygen atoms in total. The predicted molar refractivity (Wildman–Crippen MR) is 133 cm³/mol. The van der Waals surface area contributed by atoms with Crippen molar-refractivity contribution in [3.63, 3.8) is 0 Å². The van der Waals surface area contributed by atoms with Crippen LogP contribution in [0.5, 0.6) is 0 Å². The number of halogens is 1. The summed E-state index contributed by atoms with van der Waals surface area (Å²) in [6.45, 7) is 4.42. The molecule has 0 N–H and O–H groups in total. The molecule has 3 heterocycles. The molecular weight excluding hydrogens is 498 g/mol. The molecule has 1 amide bonds. The van der Waals surface area contributed by atoms with Crippen LogP contribution in [-0.4, -0.2) is 61.1 Å². The van der Waals surface area contributed by atoms with E-state index in [2.05, 4.69) is 0 Å². The third-order valence-electron chi connectivity index (χ3n) is 6.40. The molecule has 4 rings (SSSR count). The van der Waals surface area contributed by atoms with Crippen LogP contribution in [-0.2, 0) is 31.4 Å². The Morgan fingerprint density at radius 2 is 1.56 bits per heavy atom. The van der Waals surface area contributed by atoms with Gasteiger partial charge in [-0.15, -0.1) is 12.4 Å². The van der Waals surface area contributed by atoms with E-state index < -0.39 is 44.0 Å². The van der Waals surface area contributed by atoms with Crippen molar-refractivity contribution in [3.8, 4) is 0 Å². The summed E-state index contributed by atoms with van der Waals surface area (Å²) in [5.41, 5.74) is 0.948. The van der Waals surface area contributed by atoms with Gasteiger partial charge in [0.05, 0.1) is 29.2 Å². The van der Waals surface area contributed by atoms with Crippen molar-refractivity contribution in [2.45, 2.75) is 43.8 Å². The number of hydrogen-bond acceptors (Lipinski definition) is 6. The molecule has 3 aliphatic rings. The number of allylic oxidation sites excluding steroid dienone is 4. The van der Waals surface area contributed by atoms with Crippen LogP contribution in [0.25, 0.3) is 0 Å². The van der Waals surface area contributed by atoms with E-state index >= 15 is 0 Å². The molecule has 0 bridgehead atoms. The van der Waals surface area contributed by atoms with E-state index in [9.17, 15) is 21.6 Å². The first-order valence-corrected chi connectivity index (χ1v) is 14.2. The van der Waals surface area contributed by atoms with Crippen molar-refractivity contribution in [1.82, 2.24) is 13.5 Å². The molecule has 186 valence electrons. The van der Waals surface area contributed by atoms with Gasteiger partial charge < -0.3 is 4.90 Å². The first kappa shape index (κ1) is 26.5. The fourth-order valence-electron chi connectivity index (χ4n) is 4.99. The van der Waals surface area contributed by atoms with Crippen LogP contribution in [0.15, 0.2) is 65.9 Å². The second kappa shape index (κ2) is 9.85. The van der Waals surface area contributed by atoms with E-state index in [1.807, 2.05) is 55.5 Å². The van der Waals surface area contributed by atoms with E-state index in [4.69, 9.17) is 0 Å². The van der Waals surface area contributed by atoms with Gasteiger partial charge in [0, 0.05) is 25.5 Å². The Balaban J connectivity index is 0.00000324. The van der Waals surface area contributed by atoms with E-state index in [0.29, 0.717) is 13.0 Å². The zero-order valence-corrected chi connectivity index (χ0v) is 21.8. The number of fused-ring (bicyclic) bond motifs is 1. The van der Waals surface area contributed by atoms with Crippen LogP contribution in [0, 0.1) is 11.8 Å². The Bertz CT molecular complexity index is 1210. The molecule has 0 spiro atoms. The van der Waals surface area contributed by atoms with Gasteiger partial charge in [-0.1, -0.05) is 38.1 Å². The van der Waals surface area contributed by atoms with E-state index in [1.54, 1.807) is 24.3 Å². The lowest BCUT2D eigenvalue weighted by Crippen LogP contribution is -2.44. The zero-order valence-electron chi connectivity index (χ0n) is 19.3. The van der Waals surface area contributed by atoms with Crippen molar-refractivity contribution in [2.24, 2.45) is 11.8 Å². The molecule has 3 atom stereocenters. The van der Waals surface area contributed by atoms with E-state index in [-0.39, 0.29) is 29.8 Å². The minimum absolute atomic E-state index is 0. The Hall–Kier alpha value is -2.14. The monoisotopic (exact) mass is 527 g/mol. The number of amides is 1. The minimum atomic E-state index is -3.90. The Morgan fingerprint density at radius 1 is 0.971 bits per heavy atom. The summed E-state index contributed by atoms with van der Waals surface area (Å²) in [4.78, 5) is 15.1. The lowest BCUT2D eigenvalue weighted by molar-refractivity contribution is -0.129. The van der Waals surface area contributed by atoms with Crippen LogP contribution in [0.2, 0.25) is 0 Å². The summed E-state index contributed by atoms with van der Waals surface area (Å²) in [5.74, 6) is -1.40. The molecule has 11 heteroatoms. The van der Waals surface area contributed by atoms with Crippen molar-refractivity contribution < 1.29 is 21.6 Å². The number of carbonyl (C=O) groups excluding carboxylic acids is 1. The third kappa shape index (κ3) is 4.82. The molecule has 0 radical (unpaired) electrons. The maximum Gasteiger partial charge on any atom is 0.243 e. The normalized spacial score (nSPS) is 25.1. The van der Waals surface area contributed by atoms with Crippen molar-refractivity contribution >= 4 is 38.4 Å². The molecule has 0 aromatic heterocycles. The van der Waals surface area contributed by atoms with Gasteiger partial charge in [0.1, 0.15) is 0 Å². The summed E-state index contributed by atoms with van der Waals surface area (Å²) in [6.07, 6.45) is 12.9. The van der Waals surface area contributed by atoms with Crippen LogP contribution < -0.4 is 0 Å². The third-order valence-corrected chi connectivity index (χ3v) is 9.48.